The van der Waals surface area contributed by atoms with Gasteiger partial charge in [-0.05, 0) is 58.9 Å². The van der Waals surface area contributed by atoms with Gasteiger partial charge in [0.05, 0.1) is 5.60 Å². The van der Waals surface area contributed by atoms with Crippen LogP contribution in [0.2, 0.25) is 0 Å². The Morgan fingerprint density at radius 1 is 1.24 bits per heavy atom. The molecular weight excluding hydrogens is 214 g/mol. The first-order chi connectivity index (χ1) is 8.18. The van der Waals surface area contributed by atoms with Crippen LogP contribution in [0.5, 0.6) is 0 Å². The maximum atomic E-state index is 10.4. The van der Waals surface area contributed by atoms with Crippen LogP contribution >= 0.6 is 0 Å². The number of hydrogen-bond acceptors (Lipinski definition) is 4. The predicted molar refractivity (Wildman–Crippen MR) is 70.2 cm³/mol. The minimum atomic E-state index is -0.453. The summed E-state index contributed by atoms with van der Waals surface area (Å²) in [5, 5.41) is 13.7. The van der Waals surface area contributed by atoms with Crippen molar-refractivity contribution in [3.63, 3.8) is 0 Å². The lowest BCUT2D eigenvalue weighted by Gasteiger charge is -2.36. The maximum absolute atomic E-state index is 10.4. The second-order valence-corrected chi connectivity index (χ2v) is 5.76. The number of likely N-dealkylation sites (N-methyl/N-ethyl adjacent to an activating group) is 1. The Bertz CT molecular complexity index is 223. The van der Waals surface area contributed by atoms with Crippen LogP contribution in [0.4, 0.5) is 0 Å². The largest absolute Gasteiger partial charge is 0.388 e. The molecule has 2 heterocycles. The van der Waals surface area contributed by atoms with E-state index >= 15 is 0 Å². The second-order valence-electron chi connectivity index (χ2n) is 5.76. The third kappa shape index (κ3) is 4.21. The average molecular weight is 241 g/mol. The number of aliphatic hydroxyl groups is 1. The van der Waals surface area contributed by atoms with Crippen LogP contribution in [-0.4, -0.2) is 73.4 Å². The Morgan fingerprint density at radius 2 is 1.88 bits per heavy atom. The second kappa shape index (κ2) is 6.14. The molecule has 2 N–H and O–H groups in total. The predicted octanol–water partition coefficient (Wildman–Crippen LogP) is 0.129. The Balaban J connectivity index is 1.66. The van der Waals surface area contributed by atoms with Crippen LogP contribution in [0, 0.1) is 0 Å². The molecule has 2 fully saturated rings. The third-order valence-electron chi connectivity index (χ3n) is 4.10. The summed E-state index contributed by atoms with van der Waals surface area (Å²) in [5.41, 5.74) is -0.453. The van der Waals surface area contributed by atoms with Gasteiger partial charge in [-0.3, -0.25) is 0 Å². The van der Waals surface area contributed by atoms with E-state index < -0.39 is 5.60 Å². The van der Waals surface area contributed by atoms with E-state index in [0.29, 0.717) is 0 Å². The Morgan fingerprint density at radius 3 is 2.53 bits per heavy atom. The zero-order valence-corrected chi connectivity index (χ0v) is 11.1. The third-order valence-corrected chi connectivity index (χ3v) is 4.10. The Labute approximate surface area is 105 Å². The molecular formula is C13H27N3O. The first-order valence-corrected chi connectivity index (χ1v) is 7.02. The summed E-state index contributed by atoms with van der Waals surface area (Å²) in [6.45, 7) is 7.50. The van der Waals surface area contributed by atoms with Crippen molar-refractivity contribution in [1.29, 1.82) is 0 Å². The van der Waals surface area contributed by atoms with Gasteiger partial charge in [-0.2, -0.15) is 0 Å². The first kappa shape index (κ1) is 13.3. The molecule has 2 aliphatic heterocycles. The van der Waals surface area contributed by atoms with E-state index in [1.807, 2.05) is 0 Å². The first-order valence-electron chi connectivity index (χ1n) is 7.02. The van der Waals surface area contributed by atoms with E-state index in [1.54, 1.807) is 0 Å². The number of nitrogens with one attached hydrogen (secondary N) is 1. The molecule has 0 spiro atoms. The standard InChI is InChI=1S/C13H27N3O/c1-15(10-11-16-8-2-3-9-16)12-13(17)4-6-14-7-5-13/h14,17H,2-12H2,1H3. The number of likely N-dealkylation sites (tertiary alicyclic amines) is 1. The summed E-state index contributed by atoms with van der Waals surface area (Å²) in [6, 6.07) is 0. The molecule has 0 atom stereocenters. The molecule has 0 aromatic carbocycles. The minimum absolute atomic E-state index is 0.453. The molecule has 2 rings (SSSR count). The number of hydrogen-bond donors (Lipinski definition) is 2. The van der Waals surface area contributed by atoms with Crippen molar-refractivity contribution >= 4 is 0 Å². The van der Waals surface area contributed by atoms with Crippen LogP contribution in [0.3, 0.4) is 0 Å². The van der Waals surface area contributed by atoms with Crippen LogP contribution in [0.1, 0.15) is 25.7 Å². The molecule has 0 unspecified atom stereocenters. The SMILES string of the molecule is CN(CCN1CCCC1)CC1(O)CCNCC1. The smallest absolute Gasteiger partial charge is 0.0798 e. The van der Waals surface area contributed by atoms with Gasteiger partial charge in [-0.15, -0.1) is 0 Å². The highest BCUT2D eigenvalue weighted by Gasteiger charge is 2.30. The maximum Gasteiger partial charge on any atom is 0.0798 e. The molecule has 2 saturated heterocycles. The van der Waals surface area contributed by atoms with Gasteiger partial charge in [-0.1, -0.05) is 0 Å². The molecule has 0 saturated carbocycles. The van der Waals surface area contributed by atoms with Crippen molar-refractivity contribution in [2.24, 2.45) is 0 Å². The molecule has 0 aromatic heterocycles. The van der Waals surface area contributed by atoms with Crippen molar-refractivity contribution in [3.8, 4) is 0 Å². The molecule has 17 heavy (non-hydrogen) atoms. The number of nitrogens with zero attached hydrogens (tertiary/aromatic N) is 2. The molecule has 0 aliphatic carbocycles. The molecule has 0 bridgehead atoms. The molecule has 0 radical (unpaired) electrons. The fourth-order valence-corrected chi connectivity index (χ4v) is 2.95. The summed E-state index contributed by atoms with van der Waals surface area (Å²) in [6.07, 6.45) is 4.50. The highest BCUT2D eigenvalue weighted by atomic mass is 16.3. The Hall–Kier alpha value is -0.160. The van der Waals surface area contributed by atoms with Gasteiger partial charge in [0.2, 0.25) is 0 Å². The summed E-state index contributed by atoms with van der Waals surface area (Å²) in [5.74, 6) is 0. The van der Waals surface area contributed by atoms with Crippen LogP contribution < -0.4 is 5.32 Å². The van der Waals surface area contributed by atoms with Gasteiger partial charge >= 0.3 is 0 Å². The van der Waals surface area contributed by atoms with Crippen LogP contribution in [0.15, 0.2) is 0 Å². The molecule has 0 aromatic rings. The zero-order chi connectivity index (χ0) is 12.1. The average Bonchev–Trinajstić information content (AvgIpc) is 2.79. The topological polar surface area (TPSA) is 38.7 Å². The van der Waals surface area contributed by atoms with Gasteiger partial charge in [-0.25, -0.2) is 0 Å². The highest BCUT2D eigenvalue weighted by Crippen LogP contribution is 2.18. The minimum Gasteiger partial charge on any atom is -0.388 e. The van der Waals surface area contributed by atoms with Gasteiger partial charge in [0.25, 0.3) is 0 Å². The van der Waals surface area contributed by atoms with Crippen molar-refractivity contribution in [2.45, 2.75) is 31.3 Å². The number of rotatable bonds is 5. The molecule has 100 valence electrons. The summed E-state index contributed by atoms with van der Waals surface area (Å²) >= 11 is 0. The van der Waals surface area contributed by atoms with Crippen LogP contribution in [-0.2, 0) is 0 Å². The summed E-state index contributed by atoms with van der Waals surface area (Å²) in [4.78, 5) is 4.83. The van der Waals surface area contributed by atoms with Gasteiger partial charge in [0, 0.05) is 19.6 Å². The molecule has 2 aliphatic rings. The van der Waals surface area contributed by atoms with Crippen molar-refractivity contribution in [1.82, 2.24) is 15.1 Å². The van der Waals surface area contributed by atoms with Crippen molar-refractivity contribution in [2.75, 3.05) is 52.9 Å². The quantitative estimate of drug-likeness (QED) is 0.717. The Kier molecular flexibility index (Phi) is 4.79. The van der Waals surface area contributed by atoms with E-state index in [1.165, 1.54) is 25.9 Å². The van der Waals surface area contributed by atoms with Gasteiger partial charge in [0.15, 0.2) is 0 Å². The number of piperidine rings is 1. The monoisotopic (exact) mass is 241 g/mol. The van der Waals surface area contributed by atoms with E-state index in [2.05, 4.69) is 22.2 Å². The fraction of sp³-hybridized carbons (Fsp3) is 1.00. The lowest BCUT2D eigenvalue weighted by atomic mass is 9.92. The zero-order valence-electron chi connectivity index (χ0n) is 11.1. The fourth-order valence-electron chi connectivity index (χ4n) is 2.95. The molecule has 4 nitrogen and oxygen atoms in total. The molecule has 4 heteroatoms. The van der Waals surface area contributed by atoms with Gasteiger partial charge < -0.3 is 20.2 Å². The van der Waals surface area contributed by atoms with Crippen molar-refractivity contribution in [3.05, 3.63) is 0 Å². The van der Waals surface area contributed by atoms with E-state index in [4.69, 9.17) is 0 Å². The van der Waals surface area contributed by atoms with E-state index in [-0.39, 0.29) is 0 Å². The van der Waals surface area contributed by atoms with Crippen molar-refractivity contribution < 1.29 is 5.11 Å². The summed E-state index contributed by atoms with van der Waals surface area (Å²) in [7, 11) is 2.13. The van der Waals surface area contributed by atoms with Crippen LogP contribution in [0.25, 0.3) is 0 Å². The normalized spacial score (nSPS) is 25.6. The lowest BCUT2D eigenvalue weighted by Crippen LogP contribution is -2.49. The summed E-state index contributed by atoms with van der Waals surface area (Å²) < 4.78 is 0. The lowest BCUT2D eigenvalue weighted by molar-refractivity contribution is -0.0163. The van der Waals surface area contributed by atoms with E-state index in [9.17, 15) is 5.11 Å². The van der Waals surface area contributed by atoms with Gasteiger partial charge in [0.1, 0.15) is 0 Å². The molecule has 0 amide bonds. The highest BCUT2D eigenvalue weighted by molar-refractivity contribution is 4.86. The van der Waals surface area contributed by atoms with E-state index in [0.717, 1.165) is 45.6 Å².